The Morgan fingerprint density at radius 1 is 1.07 bits per heavy atom. The van der Waals surface area contributed by atoms with Gasteiger partial charge in [-0.1, -0.05) is 17.4 Å². The summed E-state index contributed by atoms with van der Waals surface area (Å²) in [6.07, 6.45) is 2.18. The molecule has 0 spiro atoms. The second kappa shape index (κ2) is 7.67. The van der Waals surface area contributed by atoms with E-state index in [0.29, 0.717) is 27.7 Å². The van der Waals surface area contributed by atoms with Gasteiger partial charge in [-0.15, -0.1) is 0 Å². The van der Waals surface area contributed by atoms with E-state index in [1.165, 1.54) is 35.6 Å². The molecule has 140 valence electrons. The summed E-state index contributed by atoms with van der Waals surface area (Å²) in [6, 6.07) is 11.9. The van der Waals surface area contributed by atoms with E-state index in [2.05, 4.69) is 25.6 Å². The number of aromatic nitrogens is 3. The molecule has 0 radical (unpaired) electrons. The number of rotatable bonds is 4. The number of nitrogens with zero attached hydrogens (tertiary/aromatic N) is 3. The molecule has 2 amide bonds. The minimum Gasteiger partial charge on any atom is -0.380 e. The summed E-state index contributed by atoms with van der Waals surface area (Å²) < 4.78 is 13.7. The van der Waals surface area contributed by atoms with Crippen LogP contribution >= 0.6 is 11.3 Å². The van der Waals surface area contributed by atoms with Crippen LogP contribution in [-0.2, 0) is 0 Å². The van der Waals surface area contributed by atoms with E-state index < -0.39 is 12.1 Å². The molecule has 3 N–H and O–H groups in total. The van der Waals surface area contributed by atoms with Crippen LogP contribution in [0.15, 0.2) is 60.9 Å². The number of hydrogen-bond acceptors (Lipinski definition) is 6. The van der Waals surface area contributed by atoms with Crippen molar-refractivity contribution in [2.75, 3.05) is 10.6 Å². The fraction of sp³-hybridized carbons (Fsp3) is 0.0526. The van der Waals surface area contributed by atoms with E-state index in [4.69, 9.17) is 0 Å². The summed E-state index contributed by atoms with van der Waals surface area (Å²) >= 11 is 1.27. The molecule has 0 aliphatic rings. The van der Waals surface area contributed by atoms with Crippen molar-refractivity contribution in [3.05, 3.63) is 78.1 Å². The maximum Gasteiger partial charge on any atom is 0.325 e. The fourth-order valence-corrected chi connectivity index (χ4v) is 3.47. The average molecular weight is 395 g/mol. The van der Waals surface area contributed by atoms with Crippen LogP contribution in [0.25, 0.3) is 10.2 Å². The molecule has 2 heterocycles. The van der Waals surface area contributed by atoms with Gasteiger partial charge in [0.05, 0.1) is 10.2 Å². The third kappa shape index (κ3) is 3.95. The van der Waals surface area contributed by atoms with Crippen LogP contribution in [0.1, 0.15) is 17.5 Å². The Morgan fingerprint density at radius 2 is 1.82 bits per heavy atom. The van der Waals surface area contributed by atoms with Gasteiger partial charge in [0, 0.05) is 18.1 Å². The first kappa shape index (κ1) is 18.0. The predicted molar refractivity (Wildman–Crippen MR) is 105 cm³/mol. The largest absolute Gasteiger partial charge is 0.380 e. The summed E-state index contributed by atoms with van der Waals surface area (Å²) in [5, 5.41) is 16.1. The van der Waals surface area contributed by atoms with Crippen LogP contribution < -0.4 is 10.6 Å². The highest BCUT2D eigenvalue weighted by Crippen LogP contribution is 2.30. The Bertz CT molecular complexity index is 1120. The van der Waals surface area contributed by atoms with E-state index in [1.54, 1.807) is 36.7 Å². The molecule has 9 heteroatoms. The number of carbonyl (C=O) groups is 1. The molecule has 4 aromatic rings. The van der Waals surface area contributed by atoms with Gasteiger partial charge < -0.3 is 10.4 Å². The van der Waals surface area contributed by atoms with Crippen molar-refractivity contribution in [1.29, 1.82) is 0 Å². The zero-order valence-electron chi connectivity index (χ0n) is 14.3. The second-order valence-electron chi connectivity index (χ2n) is 5.84. The Labute approximate surface area is 162 Å². The molecule has 7 nitrogen and oxygen atoms in total. The fourth-order valence-electron chi connectivity index (χ4n) is 2.56. The first-order valence-corrected chi connectivity index (χ1v) is 9.09. The zero-order chi connectivity index (χ0) is 19.5. The van der Waals surface area contributed by atoms with Gasteiger partial charge in [-0.3, -0.25) is 5.32 Å². The number of hydrogen-bond donors (Lipinski definition) is 3. The number of carbonyl (C=O) groups excluding carboxylic acids is 1. The normalized spacial score (nSPS) is 11.9. The van der Waals surface area contributed by atoms with Gasteiger partial charge in [0.2, 0.25) is 0 Å². The zero-order valence-corrected chi connectivity index (χ0v) is 15.2. The first-order valence-electron chi connectivity index (χ1n) is 8.27. The Kier molecular flexibility index (Phi) is 4.92. The number of halogens is 1. The summed E-state index contributed by atoms with van der Waals surface area (Å²) in [5.41, 5.74) is 1.78. The predicted octanol–water partition coefficient (Wildman–Crippen LogP) is 3.95. The highest BCUT2D eigenvalue weighted by Gasteiger charge is 2.15. The molecule has 28 heavy (non-hydrogen) atoms. The maximum atomic E-state index is 12.9. The van der Waals surface area contributed by atoms with Gasteiger partial charge in [0.15, 0.2) is 11.0 Å². The summed E-state index contributed by atoms with van der Waals surface area (Å²) in [6.45, 7) is 0. The molecule has 0 saturated heterocycles. The van der Waals surface area contributed by atoms with Gasteiger partial charge in [-0.05, 0) is 48.0 Å². The molecule has 0 fully saturated rings. The highest BCUT2D eigenvalue weighted by molar-refractivity contribution is 7.22. The minimum absolute atomic E-state index is 0.309. The molecule has 1 atom stereocenters. The third-order valence-corrected chi connectivity index (χ3v) is 4.81. The summed E-state index contributed by atoms with van der Waals surface area (Å²) in [7, 11) is 0. The van der Waals surface area contributed by atoms with Crippen LogP contribution in [0.4, 0.5) is 20.0 Å². The number of nitrogens with one attached hydrogen (secondary N) is 2. The average Bonchev–Trinajstić information content (AvgIpc) is 3.11. The minimum atomic E-state index is -0.953. The van der Waals surface area contributed by atoms with Crippen LogP contribution in [0.5, 0.6) is 0 Å². The van der Waals surface area contributed by atoms with Gasteiger partial charge in [-0.25, -0.2) is 24.1 Å². The Balaban J connectivity index is 1.50. The molecule has 4 rings (SSSR count). The highest BCUT2D eigenvalue weighted by atomic mass is 32.1. The SMILES string of the molecule is O=C(Nc1ccc(F)cc1)Nc1nc2ccc(C(O)c3ncccn3)cc2s1. The van der Waals surface area contributed by atoms with E-state index in [9.17, 15) is 14.3 Å². The number of anilines is 2. The van der Waals surface area contributed by atoms with Crippen molar-refractivity contribution in [3.8, 4) is 0 Å². The number of aliphatic hydroxyl groups is 1. The molecular weight excluding hydrogens is 381 g/mol. The lowest BCUT2D eigenvalue weighted by molar-refractivity contribution is 0.210. The van der Waals surface area contributed by atoms with Crippen molar-refractivity contribution < 1.29 is 14.3 Å². The Hall–Kier alpha value is -3.43. The first-order chi connectivity index (χ1) is 13.6. The van der Waals surface area contributed by atoms with Crippen LogP contribution in [0.2, 0.25) is 0 Å². The molecule has 2 aromatic carbocycles. The monoisotopic (exact) mass is 395 g/mol. The molecular formula is C19H14FN5O2S. The molecule has 0 bridgehead atoms. The molecule has 2 aromatic heterocycles. The lowest BCUT2D eigenvalue weighted by Gasteiger charge is -2.08. The quantitative estimate of drug-likeness (QED) is 0.486. The number of thiazole rings is 1. The number of aliphatic hydroxyl groups excluding tert-OH is 1. The number of amides is 2. The lowest BCUT2D eigenvalue weighted by Crippen LogP contribution is -2.19. The number of urea groups is 1. The summed E-state index contributed by atoms with van der Waals surface area (Å²) in [5.74, 6) is -0.0700. The Morgan fingerprint density at radius 3 is 2.57 bits per heavy atom. The van der Waals surface area contributed by atoms with Gasteiger partial charge in [0.25, 0.3) is 0 Å². The van der Waals surface area contributed by atoms with Crippen LogP contribution in [0.3, 0.4) is 0 Å². The summed E-state index contributed by atoms with van der Waals surface area (Å²) in [4.78, 5) is 24.6. The van der Waals surface area contributed by atoms with E-state index in [-0.39, 0.29) is 5.82 Å². The smallest absolute Gasteiger partial charge is 0.325 e. The maximum absolute atomic E-state index is 12.9. The molecule has 1 unspecified atom stereocenters. The van der Waals surface area contributed by atoms with Crippen molar-refractivity contribution in [2.45, 2.75) is 6.10 Å². The number of fused-ring (bicyclic) bond motifs is 1. The lowest BCUT2D eigenvalue weighted by atomic mass is 10.1. The van der Waals surface area contributed by atoms with Gasteiger partial charge >= 0.3 is 6.03 Å². The van der Waals surface area contributed by atoms with Crippen LogP contribution in [-0.4, -0.2) is 26.1 Å². The molecule has 0 aliphatic carbocycles. The third-order valence-electron chi connectivity index (χ3n) is 3.88. The number of benzene rings is 2. The van der Waals surface area contributed by atoms with Crippen molar-refractivity contribution in [2.24, 2.45) is 0 Å². The van der Waals surface area contributed by atoms with Crippen molar-refractivity contribution in [3.63, 3.8) is 0 Å². The molecule has 0 saturated carbocycles. The van der Waals surface area contributed by atoms with Gasteiger partial charge in [-0.2, -0.15) is 0 Å². The van der Waals surface area contributed by atoms with Crippen LogP contribution in [0, 0.1) is 5.82 Å². The van der Waals surface area contributed by atoms with E-state index in [1.807, 2.05) is 0 Å². The van der Waals surface area contributed by atoms with Crippen molar-refractivity contribution in [1.82, 2.24) is 15.0 Å². The van der Waals surface area contributed by atoms with Gasteiger partial charge in [0.1, 0.15) is 11.9 Å². The standard InChI is InChI=1S/C19H14FN5O2S/c20-12-3-5-13(6-4-12)23-18(27)25-19-24-14-7-2-11(10-15(14)28-19)16(26)17-21-8-1-9-22-17/h1-10,16,26H,(H2,23,24,25,27). The van der Waals surface area contributed by atoms with E-state index in [0.717, 1.165) is 4.70 Å². The topological polar surface area (TPSA) is 100 Å². The molecule has 0 aliphatic heterocycles. The van der Waals surface area contributed by atoms with Crippen molar-refractivity contribution >= 4 is 38.4 Å². The van der Waals surface area contributed by atoms with E-state index >= 15 is 0 Å². The second-order valence-corrected chi connectivity index (χ2v) is 6.87.